The van der Waals surface area contributed by atoms with Crippen molar-refractivity contribution >= 4 is 11.7 Å². The van der Waals surface area contributed by atoms with Crippen LogP contribution in [0.1, 0.15) is 36.8 Å². The Kier molecular flexibility index (Phi) is 4.42. The molecule has 22 heavy (non-hydrogen) atoms. The minimum Gasteiger partial charge on any atom is -0.335 e. The van der Waals surface area contributed by atoms with Crippen LogP contribution in [0, 0.1) is 0 Å². The van der Waals surface area contributed by atoms with E-state index in [1.165, 1.54) is 18.4 Å². The highest BCUT2D eigenvalue weighted by atomic mass is 16.2. The van der Waals surface area contributed by atoms with E-state index >= 15 is 0 Å². The summed E-state index contributed by atoms with van der Waals surface area (Å²) >= 11 is 0. The van der Waals surface area contributed by atoms with Crippen LogP contribution < -0.4 is 10.6 Å². The van der Waals surface area contributed by atoms with E-state index in [0.717, 1.165) is 36.6 Å². The third-order valence-corrected chi connectivity index (χ3v) is 3.98. The van der Waals surface area contributed by atoms with E-state index in [-0.39, 0.29) is 6.03 Å². The number of rotatable bonds is 4. The molecule has 0 bridgehead atoms. The summed E-state index contributed by atoms with van der Waals surface area (Å²) < 4.78 is 2.20. The predicted octanol–water partition coefficient (Wildman–Crippen LogP) is 3.10. The summed E-state index contributed by atoms with van der Waals surface area (Å²) in [5.74, 6) is 1.14. The first kappa shape index (κ1) is 14.6. The van der Waals surface area contributed by atoms with Gasteiger partial charge in [-0.25, -0.2) is 9.78 Å². The van der Waals surface area contributed by atoms with Crippen LogP contribution in [0.15, 0.2) is 30.5 Å². The van der Waals surface area contributed by atoms with E-state index in [1.54, 1.807) is 0 Å². The molecule has 1 aromatic heterocycles. The summed E-state index contributed by atoms with van der Waals surface area (Å²) in [4.78, 5) is 16.5. The second-order valence-corrected chi connectivity index (χ2v) is 5.66. The van der Waals surface area contributed by atoms with Gasteiger partial charge < -0.3 is 15.2 Å². The number of hydrogen-bond acceptors (Lipinski definition) is 2. The molecule has 1 aromatic carbocycles. The van der Waals surface area contributed by atoms with Crippen LogP contribution in [-0.4, -0.2) is 15.6 Å². The van der Waals surface area contributed by atoms with Gasteiger partial charge in [-0.15, -0.1) is 0 Å². The van der Waals surface area contributed by atoms with E-state index in [2.05, 4.69) is 33.2 Å². The molecule has 2 heterocycles. The first-order valence-corrected chi connectivity index (χ1v) is 7.93. The Bertz CT molecular complexity index is 639. The molecule has 0 radical (unpaired) electrons. The van der Waals surface area contributed by atoms with E-state index in [1.807, 2.05) is 24.4 Å². The molecule has 1 aliphatic heterocycles. The molecule has 5 nitrogen and oxygen atoms in total. The Morgan fingerprint density at radius 3 is 3.09 bits per heavy atom. The van der Waals surface area contributed by atoms with Crippen molar-refractivity contribution in [3.05, 3.63) is 47.5 Å². The highest BCUT2D eigenvalue weighted by molar-refractivity contribution is 5.89. The normalized spacial score (nSPS) is 13.5. The number of imidazole rings is 1. The number of amides is 2. The minimum atomic E-state index is -0.195. The Labute approximate surface area is 130 Å². The molecule has 2 amide bonds. The lowest BCUT2D eigenvalue weighted by Crippen LogP contribution is -2.28. The van der Waals surface area contributed by atoms with Crippen LogP contribution in [0.4, 0.5) is 10.5 Å². The molecular formula is C17H22N4O. The van der Waals surface area contributed by atoms with Gasteiger partial charge in [-0.1, -0.05) is 19.1 Å². The van der Waals surface area contributed by atoms with Gasteiger partial charge in [0.05, 0.1) is 12.2 Å². The molecule has 5 heteroatoms. The van der Waals surface area contributed by atoms with Crippen LogP contribution in [0.2, 0.25) is 0 Å². The third-order valence-electron chi connectivity index (χ3n) is 3.98. The zero-order valence-corrected chi connectivity index (χ0v) is 12.9. The first-order chi connectivity index (χ1) is 10.7. The molecule has 0 saturated heterocycles. The lowest BCUT2D eigenvalue weighted by atomic mass is 10.1. The van der Waals surface area contributed by atoms with Gasteiger partial charge in [0.15, 0.2) is 0 Å². The molecule has 0 atom stereocenters. The third kappa shape index (κ3) is 3.47. The minimum absolute atomic E-state index is 0.195. The van der Waals surface area contributed by atoms with Crippen molar-refractivity contribution in [2.24, 2.45) is 0 Å². The summed E-state index contributed by atoms with van der Waals surface area (Å²) in [5, 5.41) is 5.73. The van der Waals surface area contributed by atoms with Crippen molar-refractivity contribution < 1.29 is 4.79 Å². The van der Waals surface area contributed by atoms with Crippen molar-refractivity contribution in [2.45, 2.75) is 45.7 Å². The van der Waals surface area contributed by atoms with E-state index < -0.39 is 0 Å². The van der Waals surface area contributed by atoms with Gasteiger partial charge in [-0.2, -0.15) is 0 Å². The van der Waals surface area contributed by atoms with Crippen molar-refractivity contribution in [3.63, 3.8) is 0 Å². The van der Waals surface area contributed by atoms with Gasteiger partial charge in [0.25, 0.3) is 0 Å². The van der Waals surface area contributed by atoms with Crippen LogP contribution in [0.5, 0.6) is 0 Å². The summed E-state index contributed by atoms with van der Waals surface area (Å²) in [6.45, 7) is 3.59. The van der Waals surface area contributed by atoms with Gasteiger partial charge >= 0.3 is 6.03 Å². The molecule has 2 N–H and O–H groups in total. The fourth-order valence-electron chi connectivity index (χ4n) is 2.77. The second kappa shape index (κ2) is 6.64. The highest BCUT2D eigenvalue weighted by Crippen LogP contribution is 2.14. The average Bonchev–Trinajstić information content (AvgIpc) is 2.96. The largest absolute Gasteiger partial charge is 0.335 e. The van der Waals surface area contributed by atoms with Gasteiger partial charge in [0, 0.05) is 24.8 Å². The summed E-state index contributed by atoms with van der Waals surface area (Å²) in [6.07, 6.45) is 6.46. The average molecular weight is 298 g/mol. The van der Waals surface area contributed by atoms with Crippen LogP contribution in [0.25, 0.3) is 0 Å². The molecule has 0 fully saturated rings. The predicted molar refractivity (Wildman–Crippen MR) is 86.8 cm³/mol. The Hall–Kier alpha value is -2.30. The number of hydrogen-bond donors (Lipinski definition) is 2. The van der Waals surface area contributed by atoms with Gasteiger partial charge in [-0.3, -0.25) is 0 Å². The molecule has 1 aliphatic rings. The summed E-state index contributed by atoms with van der Waals surface area (Å²) in [6, 6.07) is 7.71. The SMILES string of the molecule is CCc1cccc(NC(=O)NCc2cn3c(n2)CCCC3)c1. The molecule has 2 aromatic rings. The number of nitrogens with zero attached hydrogens (tertiary/aromatic N) is 2. The Morgan fingerprint density at radius 2 is 2.27 bits per heavy atom. The van der Waals surface area contributed by atoms with E-state index in [4.69, 9.17) is 0 Å². The summed E-state index contributed by atoms with van der Waals surface area (Å²) in [5.41, 5.74) is 2.95. The van der Waals surface area contributed by atoms with E-state index in [9.17, 15) is 4.79 Å². The molecule has 0 unspecified atom stereocenters. The fourth-order valence-corrected chi connectivity index (χ4v) is 2.77. The zero-order chi connectivity index (χ0) is 15.4. The fraction of sp³-hybridized carbons (Fsp3) is 0.412. The van der Waals surface area contributed by atoms with Crippen molar-refractivity contribution in [1.82, 2.24) is 14.9 Å². The van der Waals surface area contributed by atoms with E-state index in [0.29, 0.717) is 6.54 Å². The Balaban J connectivity index is 1.54. The van der Waals surface area contributed by atoms with Crippen LogP contribution >= 0.6 is 0 Å². The van der Waals surface area contributed by atoms with Gasteiger partial charge in [0.2, 0.25) is 0 Å². The number of nitrogens with one attached hydrogen (secondary N) is 2. The van der Waals surface area contributed by atoms with Crippen molar-refractivity contribution in [2.75, 3.05) is 5.32 Å². The van der Waals surface area contributed by atoms with Crippen LogP contribution in [-0.2, 0) is 25.9 Å². The maximum absolute atomic E-state index is 12.0. The monoisotopic (exact) mass is 298 g/mol. The quantitative estimate of drug-likeness (QED) is 0.911. The molecule has 0 aliphatic carbocycles. The number of urea groups is 1. The molecule has 0 spiro atoms. The molecule has 3 rings (SSSR count). The zero-order valence-electron chi connectivity index (χ0n) is 12.9. The first-order valence-electron chi connectivity index (χ1n) is 7.93. The lowest BCUT2D eigenvalue weighted by molar-refractivity contribution is 0.251. The number of anilines is 1. The van der Waals surface area contributed by atoms with Crippen LogP contribution in [0.3, 0.4) is 0 Å². The second-order valence-electron chi connectivity index (χ2n) is 5.66. The smallest absolute Gasteiger partial charge is 0.319 e. The topological polar surface area (TPSA) is 59.0 Å². The summed E-state index contributed by atoms with van der Waals surface area (Å²) in [7, 11) is 0. The van der Waals surface area contributed by atoms with Gasteiger partial charge in [-0.05, 0) is 37.0 Å². The number of aryl methyl sites for hydroxylation is 3. The number of fused-ring (bicyclic) bond motifs is 1. The van der Waals surface area contributed by atoms with Crippen molar-refractivity contribution in [1.29, 1.82) is 0 Å². The number of carbonyl (C=O) groups is 1. The number of carbonyl (C=O) groups excluding carboxylic acids is 1. The molecule has 0 saturated carbocycles. The maximum Gasteiger partial charge on any atom is 0.319 e. The standard InChI is InChI=1S/C17H22N4O/c1-2-13-6-5-7-14(10-13)20-17(22)18-11-15-12-21-9-4-3-8-16(21)19-15/h5-7,10,12H,2-4,8-9,11H2,1H3,(H2,18,20,22). The molecule has 116 valence electrons. The number of benzene rings is 1. The lowest BCUT2D eigenvalue weighted by Gasteiger charge is -2.11. The number of aromatic nitrogens is 2. The molecular weight excluding hydrogens is 276 g/mol. The van der Waals surface area contributed by atoms with Gasteiger partial charge in [0.1, 0.15) is 5.82 Å². The Morgan fingerprint density at radius 1 is 1.36 bits per heavy atom. The maximum atomic E-state index is 12.0. The highest BCUT2D eigenvalue weighted by Gasteiger charge is 2.12. The van der Waals surface area contributed by atoms with Crippen molar-refractivity contribution in [3.8, 4) is 0 Å².